The molecule has 0 saturated heterocycles. The summed E-state index contributed by atoms with van der Waals surface area (Å²) in [5.41, 5.74) is 9.47. The van der Waals surface area contributed by atoms with Crippen molar-refractivity contribution in [3.63, 3.8) is 0 Å². The molecular formula is C28H28NO+. The van der Waals surface area contributed by atoms with Crippen LogP contribution in [0.5, 0.6) is 0 Å². The third kappa shape index (κ3) is 2.90. The lowest BCUT2D eigenvalue weighted by molar-refractivity contribution is -0.633. The van der Waals surface area contributed by atoms with Crippen molar-refractivity contribution in [3.8, 4) is 11.3 Å². The van der Waals surface area contributed by atoms with Gasteiger partial charge < -0.3 is 4.42 Å². The van der Waals surface area contributed by atoms with Gasteiger partial charge >= 0.3 is 0 Å². The van der Waals surface area contributed by atoms with E-state index in [1.165, 1.54) is 49.6 Å². The van der Waals surface area contributed by atoms with Crippen molar-refractivity contribution in [2.45, 2.75) is 34.1 Å². The van der Waals surface area contributed by atoms with Gasteiger partial charge in [0, 0.05) is 28.3 Å². The summed E-state index contributed by atoms with van der Waals surface area (Å²) in [5, 5.41) is 3.64. The number of para-hydroxylation sites is 1. The Morgan fingerprint density at radius 1 is 0.900 bits per heavy atom. The molecule has 5 aromatic rings. The van der Waals surface area contributed by atoms with Crippen LogP contribution >= 0.6 is 0 Å². The predicted octanol–water partition coefficient (Wildman–Crippen LogP) is 7.05. The van der Waals surface area contributed by atoms with Gasteiger partial charge in [-0.05, 0) is 67.1 Å². The van der Waals surface area contributed by atoms with E-state index in [0.717, 1.165) is 17.6 Å². The van der Waals surface area contributed by atoms with E-state index >= 15 is 0 Å². The number of hydrogen-bond acceptors (Lipinski definition) is 1. The molecule has 0 aliphatic carbocycles. The van der Waals surface area contributed by atoms with Crippen LogP contribution in [0.2, 0.25) is 0 Å². The fourth-order valence-electron chi connectivity index (χ4n) is 4.68. The average Bonchev–Trinajstić information content (AvgIpc) is 3.07. The molecule has 0 radical (unpaired) electrons. The van der Waals surface area contributed by atoms with Crippen molar-refractivity contribution < 1.29 is 8.98 Å². The number of aromatic nitrogens is 1. The summed E-state index contributed by atoms with van der Waals surface area (Å²) in [6, 6.07) is 22.0. The maximum Gasteiger partial charge on any atom is 0.216 e. The first-order valence-electron chi connectivity index (χ1n) is 10.8. The average molecular weight is 395 g/mol. The fourth-order valence-corrected chi connectivity index (χ4v) is 4.68. The van der Waals surface area contributed by atoms with Crippen LogP contribution in [0.15, 0.2) is 65.1 Å². The summed E-state index contributed by atoms with van der Waals surface area (Å²) >= 11 is 0. The first kappa shape index (κ1) is 18.9. The van der Waals surface area contributed by atoms with Crippen LogP contribution in [0.3, 0.4) is 0 Å². The largest absolute Gasteiger partial charge is 0.455 e. The first-order valence-corrected chi connectivity index (χ1v) is 10.8. The van der Waals surface area contributed by atoms with Crippen LogP contribution < -0.4 is 4.57 Å². The van der Waals surface area contributed by atoms with Gasteiger partial charge in [-0.2, -0.15) is 4.57 Å². The molecule has 5 rings (SSSR count). The lowest BCUT2D eigenvalue weighted by Gasteiger charge is -2.10. The van der Waals surface area contributed by atoms with Crippen LogP contribution in [0.25, 0.3) is 44.1 Å². The number of aryl methyl sites for hydroxylation is 2. The molecule has 2 aromatic heterocycles. The Hall–Kier alpha value is -3.13. The van der Waals surface area contributed by atoms with Crippen molar-refractivity contribution in [3.05, 3.63) is 77.4 Å². The van der Waals surface area contributed by atoms with E-state index in [9.17, 15) is 0 Å². The molecule has 2 heterocycles. The maximum atomic E-state index is 6.55. The number of nitrogens with zero attached hydrogens (tertiary/aromatic N) is 1. The number of benzene rings is 3. The summed E-state index contributed by atoms with van der Waals surface area (Å²) in [5.74, 6) is 0.628. The molecule has 0 N–H and O–H groups in total. The Bertz CT molecular complexity index is 1420. The quantitative estimate of drug-likeness (QED) is 0.300. The van der Waals surface area contributed by atoms with E-state index < -0.39 is 0 Å². The Labute approximate surface area is 177 Å². The third-order valence-electron chi connectivity index (χ3n) is 6.33. The lowest BCUT2D eigenvalue weighted by atomic mass is 9.95. The summed E-state index contributed by atoms with van der Waals surface area (Å²) in [4.78, 5) is 0. The summed E-state index contributed by atoms with van der Waals surface area (Å²) in [6.45, 7) is 8.92. The normalized spacial score (nSPS) is 11.9. The molecular weight excluding hydrogens is 366 g/mol. The molecule has 0 aliphatic rings. The second-order valence-corrected chi connectivity index (χ2v) is 8.94. The van der Waals surface area contributed by atoms with Gasteiger partial charge in [0.05, 0.1) is 5.56 Å². The minimum absolute atomic E-state index is 0.628. The van der Waals surface area contributed by atoms with Gasteiger partial charge in [0.15, 0.2) is 0 Å². The van der Waals surface area contributed by atoms with Crippen LogP contribution in [0.1, 0.15) is 30.5 Å². The molecule has 3 aromatic carbocycles. The Balaban J connectivity index is 1.83. The molecule has 0 aliphatic heterocycles. The van der Waals surface area contributed by atoms with E-state index in [2.05, 4.69) is 100.0 Å². The van der Waals surface area contributed by atoms with Gasteiger partial charge in [0.1, 0.15) is 18.2 Å². The van der Waals surface area contributed by atoms with Crippen LogP contribution in [-0.4, -0.2) is 0 Å². The highest BCUT2D eigenvalue weighted by atomic mass is 16.3. The second kappa shape index (κ2) is 6.98. The number of fused-ring (bicyclic) bond motifs is 4. The van der Waals surface area contributed by atoms with E-state index in [0.29, 0.717) is 5.92 Å². The van der Waals surface area contributed by atoms with Gasteiger partial charge in [-0.25, -0.2) is 0 Å². The van der Waals surface area contributed by atoms with Crippen LogP contribution in [-0.2, 0) is 13.5 Å². The zero-order valence-corrected chi connectivity index (χ0v) is 18.4. The number of pyridine rings is 1. The number of rotatable bonds is 3. The first-order chi connectivity index (χ1) is 14.4. The van der Waals surface area contributed by atoms with Gasteiger partial charge in [0.25, 0.3) is 0 Å². The third-order valence-corrected chi connectivity index (χ3v) is 6.33. The molecule has 0 saturated carbocycles. The molecule has 0 spiro atoms. The molecule has 2 nitrogen and oxygen atoms in total. The van der Waals surface area contributed by atoms with Gasteiger partial charge in [-0.15, -0.1) is 0 Å². The topological polar surface area (TPSA) is 17.0 Å². The molecule has 150 valence electrons. The second-order valence-electron chi connectivity index (χ2n) is 8.94. The fraction of sp³-hybridized carbons (Fsp3) is 0.250. The van der Waals surface area contributed by atoms with Crippen molar-refractivity contribution in [1.29, 1.82) is 0 Å². The van der Waals surface area contributed by atoms with Crippen molar-refractivity contribution in [2.24, 2.45) is 13.0 Å². The molecule has 30 heavy (non-hydrogen) atoms. The maximum absolute atomic E-state index is 6.55. The highest BCUT2D eigenvalue weighted by Crippen LogP contribution is 2.39. The minimum atomic E-state index is 0.628. The van der Waals surface area contributed by atoms with Crippen LogP contribution in [0, 0.1) is 19.8 Å². The number of furan rings is 1. The monoisotopic (exact) mass is 394 g/mol. The van der Waals surface area contributed by atoms with E-state index in [-0.39, 0.29) is 0 Å². The van der Waals surface area contributed by atoms with Gasteiger partial charge in [-0.1, -0.05) is 38.1 Å². The SMILES string of the molecule is Cc1cc2c(oc3cc(CC(C)C)ccc32)c(-c2ccc3ccccc3[n+]2C)c1C. The summed E-state index contributed by atoms with van der Waals surface area (Å²) < 4.78 is 8.84. The minimum Gasteiger partial charge on any atom is -0.455 e. The number of hydrogen-bond donors (Lipinski definition) is 0. The molecule has 0 fully saturated rings. The van der Waals surface area contributed by atoms with Crippen molar-refractivity contribution in [2.75, 3.05) is 0 Å². The smallest absolute Gasteiger partial charge is 0.216 e. The summed E-state index contributed by atoms with van der Waals surface area (Å²) in [6.07, 6.45) is 1.07. The van der Waals surface area contributed by atoms with Crippen LogP contribution in [0.4, 0.5) is 0 Å². The predicted molar refractivity (Wildman–Crippen MR) is 126 cm³/mol. The molecule has 0 unspecified atom stereocenters. The van der Waals surface area contributed by atoms with Crippen molar-refractivity contribution >= 4 is 32.8 Å². The Kier molecular flexibility index (Phi) is 4.39. The molecule has 0 bridgehead atoms. The summed E-state index contributed by atoms with van der Waals surface area (Å²) in [7, 11) is 2.15. The van der Waals surface area contributed by atoms with Gasteiger partial charge in [0.2, 0.25) is 11.2 Å². The van der Waals surface area contributed by atoms with E-state index in [1.54, 1.807) is 0 Å². The molecule has 2 heteroatoms. The highest BCUT2D eigenvalue weighted by Gasteiger charge is 2.23. The van der Waals surface area contributed by atoms with Gasteiger partial charge in [-0.3, -0.25) is 0 Å². The van der Waals surface area contributed by atoms with Crippen molar-refractivity contribution in [1.82, 2.24) is 0 Å². The molecule has 0 atom stereocenters. The molecule has 0 amide bonds. The Morgan fingerprint density at radius 3 is 2.50 bits per heavy atom. The lowest BCUT2D eigenvalue weighted by Crippen LogP contribution is -2.32. The zero-order valence-electron chi connectivity index (χ0n) is 18.4. The zero-order chi connectivity index (χ0) is 21.0. The standard InChI is InChI=1S/C28H28NO/c1-17(2)14-20-10-12-22-23-15-18(3)19(4)27(28(23)30-26(22)16-20)25-13-11-21-8-6-7-9-24(21)29(25)5/h6-13,15-17H,14H2,1-5H3/q+1. The Morgan fingerprint density at radius 2 is 1.70 bits per heavy atom. The van der Waals surface area contributed by atoms with E-state index in [1.807, 2.05) is 0 Å². The highest BCUT2D eigenvalue weighted by molar-refractivity contribution is 6.10. The van der Waals surface area contributed by atoms with E-state index in [4.69, 9.17) is 4.42 Å².